The van der Waals surface area contributed by atoms with Crippen LogP contribution in [-0.4, -0.2) is 36.4 Å². The average molecular weight is 395 g/mol. The second kappa shape index (κ2) is 8.34. The summed E-state index contributed by atoms with van der Waals surface area (Å²) >= 11 is 0. The summed E-state index contributed by atoms with van der Waals surface area (Å²) < 4.78 is 5.16. The predicted octanol–water partition coefficient (Wildman–Crippen LogP) is 3.05. The molecule has 152 valence electrons. The van der Waals surface area contributed by atoms with Gasteiger partial charge in [-0.05, 0) is 48.2 Å². The Kier molecular flexibility index (Phi) is 5.87. The van der Waals surface area contributed by atoms with Crippen LogP contribution in [0.5, 0.6) is 5.75 Å². The van der Waals surface area contributed by atoms with Gasteiger partial charge in [-0.1, -0.05) is 38.1 Å². The zero-order chi connectivity index (χ0) is 21.0. The minimum absolute atomic E-state index is 0.348. The van der Waals surface area contributed by atoms with Gasteiger partial charge in [-0.2, -0.15) is 0 Å². The van der Waals surface area contributed by atoms with E-state index < -0.39 is 23.4 Å². The molecule has 1 aliphatic rings. The van der Waals surface area contributed by atoms with Gasteiger partial charge in [0.2, 0.25) is 5.91 Å². The molecule has 7 heteroatoms. The first-order chi connectivity index (χ1) is 13.9. The first kappa shape index (κ1) is 20.4. The van der Waals surface area contributed by atoms with Crippen molar-refractivity contribution in [3.05, 3.63) is 59.7 Å². The van der Waals surface area contributed by atoms with Crippen molar-refractivity contribution in [1.82, 2.24) is 10.2 Å². The molecule has 2 aromatic rings. The molecule has 1 saturated heterocycles. The summed E-state index contributed by atoms with van der Waals surface area (Å²) in [4.78, 5) is 39.1. The van der Waals surface area contributed by atoms with E-state index in [1.54, 1.807) is 37.4 Å². The Hall–Kier alpha value is -3.35. The molecular formula is C22H25N3O4. The SMILES string of the molecule is CCc1cccc(NC(=O)CN2C(=O)N[C@](CC)(c3ccc(OC)cc3)C2=O)c1. The fraction of sp³-hybridized carbons (Fsp3) is 0.318. The van der Waals surface area contributed by atoms with Crippen molar-refractivity contribution in [1.29, 1.82) is 0 Å². The molecule has 0 aliphatic carbocycles. The largest absolute Gasteiger partial charge is 0.497 e. The summed E-state index contributed by atoms with van der Waals surface area (Å²) in [6, 6.07) is 13.9. The number of anilines is 1. The molecule has 0 bridgehead atoms. The molecule has 1 fully saturated rings. The molecule has 0 aromatic heterocycles. The van der Waals surface area contributed by atoms with Crippen molar-refractivity contribution in [2.45, 2.75) is 32.2 Å². The van der Waals surface area contributed by atoms with E-state index in [0.717, 1.165) is 16.9 Å². The number of aryl methyl sites for hydroxylation is 1. The van der Waals surface area contributed by atoms with Crippen LogP contribution in [0.4, 0.5) is 10.5 Å². The zero-order valence-electron chi connectivity index (χ0n) is 16.8. The van der Waals surface area contributed by atoms with Crippen LogP contribution in [-0.2, 0) is 21.5 Å². The highest BCUT2D eigenvalue weighted by Gasteiger charge is 2.51. The smallest absolute Gasteiger partial charge is 0.325 e. The summed E-state index contributed by atoms with van der Waals surface area (Å²) in [5, 5.41) is 5.53. The lowest BCUT2D eigenvalue weighted by Gasteiger charge is -2.26. The van der Waals surface area contributed by atoms with Crippen molar-refractivity contribution < 1.29 is 19.1 Å². The van der Waals surface area contributed by atoms with Crippen LogP contribution >= 0.6 is 0 Å². The summed E-state index contributed by atoms with van der Waals surface area (Å²) in [5.74, 6) is -0.210. The second-order valence-corrected chi connectivity index (χ2v) is 6.91. The average Bonchev–Trinajstić information content (AvgIpc) is 2.99. The van der Waals surface area contributed by atoms with Gasteiger partial charge >= 0.3 is 6.03 Å². The van der Waals surface area contributed by atoms with E-state index in [-0.39, 0.29) is 6.54 Å². The molecule has 7 nitrogen and oxygen atoms in total. The van der Waals surface area contributed by atoms with E-state index in [9.17, 15) is 14.4 Å². The number of benzene rings is 2. The summed E-state index contributed by atoms with van der Waals surface area (Å²) in [5.41, 5.74) is 1.18. The fourth-order valence-electron chi connectivity index (χ4n) is 3.50. The highest BCUT2D eigenvalue weighted by Crippen LogP contribution is 2.33. The van der Waals surface area contributed by atoms with E-state index >= 15 is 0 Å². The number of carbonyl (C=O) groups is 3. The summed E-state index contributed by atoms with van der Waals surface area (Å²) in [7, 11) is 1.56. The number of urea groups is 1. The minimum Gasteiger partial charge on any atom is -0.497 e. The Labute approximate surface area is 170 Å². The highest BCUT2D eigenvalue weighted by molar-refractivity contribution is 6.10. The summed E-state index contributed by atoms with van der Waals surface area (Å²) in [6.07, 6.45) is 1.21. The van der Waals surface area contributed by atoms with Crippen LogP contribution in [0.15, 0.2) is 48.5 Å². The molecule has 2 N–H and O–H groups in total. The maximum Gasteiger partial charge on any atom is 0.325 e. The molecule has 0 saturated carbocycles. The van der Waals surface area contributed by atoms with E-state index in [1.165, 1.54) is 0 Å². The number of amides is 4. The van der Waals surface area contributed by atoms with Crippen LogP contribution < -0.4 is 15.4 Å². The predicted molar refractivity (Wildman–Crippen MR) is 110 cm³/mol. The minimum atomic E-state index is -1.19. The third-order valence-corrected chi connectivity index (χ3v) is 5.21. The molecular weight excluding hydrogens is 370 g/mol. The first-order valence-corrected chi connectivity index (χ1v) is 9.61. The fourth-order valence-corrected chi connectivity index (χ4v) is 3.50. The number of methoxy groups -OCH3 is 1. The molecule has 2 aromatic carbocycles. The number of imide groups is 1. The molecule has 1 atom stereocenters. The van der Waals surface area contributed by atoms with E-state index in [2.05, 4.69) is 10.6 Å². The summed E-state index contributed by atoms with van der Waals surface area (Å²) in [6.45, 7) is 3.50. The van der Waals surface area contributed by atoms with Crippen LogP contribution in [0.1, 0.15) is 31.4 Å². The molecule has 0 unspecified atom stereocenters. The first-order valence-electron chi connectivity index (χ1n) is 9.61. The van der Waals surface area contributed by atoms with Crippen LogP contribution in [0.25, 0.3) is 0 Å². The molecule has 3 rings (SSSR count). The van der Waals surface area contributed by atoms with Gasteiger partial charge in [0.1, 0.15) is 17.8 Å². The number of nitrogens with zero attached hydrogens (tertiary/aromatic N) is 1. The third kappa shape index (κ3) is 3.94. The van der Waals surface area contributed by atoms with E-state index in [4.69, 9.17) is 4.74 Å². The van der Waals surface area contributed by atoms with Crippen LogP contribution in [0.2, 0.25) is 0 Å². The van der Waals surface area contributed by atoms with Gasteiger partial charge in [0, 0.05) is 5.69 Å². The van der Waals surface area contributed by atoms with Crippen molar-refractivity contribution >= 4 is 23.5 Å². The van der Waals surface area contributed by atoms with E-state index in [0.29, 0.717) is 23.4 Å². The van der Waals surface area contributed by atoms with Crippen molar-refractivity contribution in [3.8, 4) is 5.75 Å². The highest BCUT2D eigenvalue weighted by atomic mass is 16.5. The topological polar surface area (TPSA) is 87.7 Å². The molecule has 0 radical (unpaired) electrons. The van der Waals surface area contributed by atoms with Crippen molar-refractivity contribution in [2.24, 2.45) is 0 Å². The third-order valence-electron chi connectivity index (χ3n) is 5.21. The van der Waals surface area contributed by atoms with Crippen LogP contribution in [0, 0.1) is 0 Å². The Balaban J connectivity index is 1.77. The number of rotatable bonds is 7. The number of hydrogen-bond donors (Lipinski definition) is 2. The number of carbonyl (C=O) groups excluding carboxylic acids is 3. The Morgan fingerprint density at radius 3 is 2.48 bits per heavy atom. The van der Waals surface area contributed by atoms with Crippen LogP contribution in [0.3, 0.4) is 0 Å². The number of nitrogens with one attached hydrogen (secondary N) is 2. The van der Waals surface area contributed by atoms with Crippen molar-refractivity contribution in [2.75, 3.05) is 19.0 Å². The lowest BCUT2D eigenvalue weighted by Crippen LogP contribution is -2.44. The second-order valence-electron chi connectivity index (χ2n) is 6.91. The zero-order valence-corrected chi connectivity index (χ0v) is 16.8. The Morgan fingerprint density at radius 2 is 1.86 bits per heavy atom. The number of ether oxygens (including phenoxy) is 1. The quantitative estimate of drug-likeness (QED) is 0.706. The van der Waals surface area contributed by atoms with Gasteiger partial charge in [0.15, 0.2) is 0 Å². The Bertz CT molecular complexity index is 926. The van der Waals surface area contributed by atoms with Gasteiger partial charge < -0.3 is 15.4 Å². The lowest BCUT2D eigenvalue weighted by atomic mass is 9.87. The lowest BCUT2D eigenvalue weighted by molar-refractivity contribution is -0.134. The standard InChI is InChI=1S/C22H25N3O4/c1-4-15-7-6-8-17(13-15)23-19(26)14-25-20(27)22(5-2,24-21(25)28)16-9-11-18(29-3)12-10-16/h6-13H,4-5,14H2,1-3H3,(H,23,26)(H,24,28)/t22-/m1/s1. The molecule has 1 heterocycles. The maximum absolute atomic E-state index is 13.1. The monoisotopic (exact) mass is 395 g/mol. The normalized spacial score (nSPS) is 18.5. The van der Waals surface area contributed by atoms with Gasteiger partial charge in [0.05, 0.1) is 7.11 Å². The molecule has 1 aliphatic heterocycles. The van der Waals surface area contributed by atoms with Gasteiger partial charge in [-0.15, -0.1) is 0 Å². The molecule has 29 heavy (non-hydrogen) atoms. The molecule has 0 spiro atoms. The Morgan fingerprint density at radius 1 is 1.14 bits per heavy atom. The molecule has 4 amide bonds. The van der Waals surface area contributed by atoms with Gasteiger partial charge in [-0.25, -0.2) is 4.79 Å². The van der Waals surface area contributed by atoms with Gasteiger partial charge in [0.25, 0.3) is 5.91 Å². The van der Waals surface area contributed by atoms with Gasteiger partial charge in [-0.3, -0.25) is 14.5 Å². The maximum atomic E-state index is 13.1. The van der Waals surface area contributed by atoms with E-state index in [1.807, 2.05) is 32.0 Å². The van der Waals surface area contributed by atoms with Crippen molar-refractivity contribution in [3.63, 3.8) is 0 Å². The number of hydrogen-bond acceptors (Lipinski definition) is 4.